The molecule has 1 heterocycles. The molecule has 2 aromatic rings. The maximum atomic E-state index is 9.93. The van der Waals surface area contributed by atoms with Crippen LogP contribution in [0.4, 0.5) is 5.69 Å². The van der Waals surface area contributed by atoms with Gasteiger partial charge in [-0.2, -0.15) is 0 Å². The average Bonchev–Trinajstić information content (AvgIpc) is 2.44. The lowest BCUT2D eigenvalue weighted by Gasteiger charge is -2.33. The highest BCUT2D eigenvalue weighted by molar-refractivity contribution is 14.1. The Balaban J connectivity index is 2.45. The Hall–Kier alpha value is -1.14. The summed E-state index contributed by atoms with van der Waals surface area (Å²) >= 11 is 2.41. The van der Waals surface area contributed by atoms with Crippen LogP contribution in [-0.4, -0.2) is 13.2 Å². The number of hydrogen-bond acceptors (Lipinski definition) is 2. The predicted molar refractivity (Wildman–Crippen MR) is 99.2 cm³/mol. The molecule has 1 aliphatic heterocycles. The molecule has 0 aliphatic carbocycles. The molecule has 0 aromatic heterocycles. The lowest BCUT2D eigenvalue weighted by Crippen LogP contribution is -2.64. The van der Waals surface area contributed by atoms with Crippen LogP contribution in [-0.2, 0) is 0 Å². The van der Waals surface area contributed by atoms with Crippen LogP contribution < -0.4 is 20.9 Å². The van der Waals surface area contributed by atoms with Crippen LogP contribution in [0, 0.1) is 3.57 Å². The van der Waals surface area contributed by atoms with Gasteiger partial charge in [-0.05, 0) is 68.5 Å². The van der Waals surface area contributed by atoms with Gasteiger partial charge >= 0.3 is 0 Å². The van der Waals surface area contributed by atoms with Crippen molar-refractivity contribution in [3.63, 3.8) is 0 Å². The first-order valence-electron chi connectivity index (χ1n) is 7.17. The first-order valence-corrected chi connectivity index (χ1v) is 11.0. The highest BCUT2D eigenvalue weighted by atomic mass is 127. The summed E-state index contributed by atoms with van der Waals surface area (Å²) in [6.07, 6.45) is 1.13. The van der Waals surface area contributed by atoms with E-state index in [0.29, 0.717) is 5.75 Å². The van der Waals surface area contributed by atoms with E-state index in [1.807, 2.05) is 12.1 Å². The van der Waals surface area contributed by atoms with Crippen LogP contribution in [0.3, 0.4) is 0 Å². The molecule has 3 rings (SSSR count). The van der Waals surface area contributed by atoms with Crippen LogP contribution in [0.25, 0.3) is 6.58 Å². The number of fused-ring (bicyclic) bond motifs is 2. The SMILES string of the molecule is C=c1ccc2c(c1I)[Si](C)(CCC)c1cc(O)ccc1N=2. The second-order valence-corrected chi connectivity index (χ2v) is 11.1. The van der Waals surface area contributed by atoms with Gasteiger partial charge in [-0.25, -0.2) is 4.99 Å². The second kappa shape index (κ2) is 5.25. The molecule has 108 valence electrons. The topological polar surface area (TPSA) is 32.6 Å². The molecule has 0 saturated carbocycles. The Bertz CT molecular complexity index is 833. The number of aromatic hydroxyl groups is 1. The third kappa shape index (κ3) is 2.24. The molecule has 1 aliphatic rings. The molecule has 2 nitrogen and oxygen atoms in total. The van der Waals surface area contributed by atoms with Gasteiger partial charge in [0.05, 0.1) is 11.0 Å². The van der Waals surface area contributed by atoms with E-state index >= 15 is 0 Å². The highest BCUT2D eigenvalue weighted by Gasteiger charge is 2.38. The molecule has 0 saturated heterocycles. The summed E-state index contributed by atoms with van der Waals surface area (Å²) in [5.41, 5.74) is 1.02. The molecule has 1 N–H and O–H groups in total. The summed E-state index contributed by atoms with van der Waals surface area (Å²) in [6.45, 7) is 8.77. The van der Waals surface area contributed by atoms with E-state index < -0.39 is 8.07 Å². The third-order valence-corrected chi connectivity index (χ3v) is 10.8. The van der Waals surface area contributed by atoms with Crippen molar-refractivity contribution in [1.29, 1.82) is 0 Å². The van der Waals surface area contributed by atoms with Crippen LogP contribution in [0.5, 0.6) is 5.75 Å². The Morgan fingerprint density at radius 1 is 1.29 bits per heavy atom. The van der Waals surface area contributed by atoms with Gasteiger partial charge in [-0.1, -0.05) is 32.5 Å². The molecular weight excluding hydrogens is 389 g/mol. The van der Waals surface area contributed by atoms with Crippen LogP contribution in [0.2, 0.25) is 12.6 Å². The van der Waals surface area contributed by atoms with Crippen molar-refractivity contribution in [2.45, 2.75) is 25.9 Å². The average molecular weight is 407 g/mol. The van der Waals surface area contributed by atoms with E-state index in [1.54, 1.807) is 6.07 Å². The fourth-order valence-electron chi connectivity index (χ4n) is 3.31. The van der Waals surface area contributed by atoms with E-state index in [0.717, 1.165) is 28.7 Å². The molecule has 4 heteroatoms. The van der Waals surface area contributed by atoms with Crippen molar-refractivity contribution < 1.29 is 5.11 Å². The summed E-state index contributed by atoms with van der Waals surface area (Å²) in [6, 6.07) is 10.9. The summed E-state index contributed by atoms with van der Waals surface area (Å²) < 4.78 is 1.24. The Morgan fingerprint density at radius 3 is 2.76 bits per heavy atom. The fourth-order valence-corrected chi connectivity index (χ4v) is 9.87. The van der Waals surface area contributed by atoms with Crippen molar-refractivity contribution in [1.82, 2.24) is 0 Å². The minimum absolute atomic E-state index is 0.336. The number of phenols is 1. The summed E-state index contributed by atoms with van der Waals surface area (Å²) in [5, 5.41) is 14.7. The van der Waals surface area contributed by atoms with Crippen molar-refractivity contribution in [3.8, 4) is 5.75 Å². The molecule has 21 heavy (non-hydrogen) atoms. The van der Waals surface area contributed by atoms with Gasteiger partial charge in [0.2, 0.25) is 0 Å². The molecule has 0 radical (unpaired) electrons. The van der Waals surface area contributed by atoms with Gasteiger partial charge in [-0.15, -0.1) is 0 Å². The lowest BCUT2D eigenvalue weighted by molar-refractivity contribution is 0.476. The van der Waals surface area contributed by atoms with Gasteiger partial charge in [-0.3, -0.25) is 0 Å². The van der Waals surface area contributed by atoms with Crippen molar-refractivity contribution in [2.75, 3.05) is 0 Å². The quantitative estimate of drug-likeness (QED) is 0.602. The third-order valence-electron chi connectivity index (χ3n) is 4.32. The van der Waals surface area contributed by atoms with Gasteiger partial charge < -0.3 is 5.11 Å². The Labute approximate surface area is 139 Å². The number of rotatable bonds is 2. The van der Waals surface area contributed by atoms with E-state index in [4.69, 9.17) is 4.99 Å². The largest absolute Gasteiger partial charge is 0.508 e. The van der Waals surface area contributed by atoms with Crippen molar-refractivity contribution in [2.24, 2.45) is 4.99 Å². The minimum Gasteiger partial charge on any atom is -0.508 e. The van der Waals surface area contributed by atoms with Crippen LogP contribution in [0.1, 0.15) is 13.3 Å². The zero-order chi connectivity index (χ0) is 15.2. The van der Waals surface area contributed by atoms with E-state index in [9.17, 15) is 5.11 Å². The highest BCUT2D eigenvalue weighted by Crippen LogP contribution is 2.25. The lowest BCUT2D eigenvalue weighted by atomic mass is 10.2. The smallest absolute Gasteiger partial charge is 0.122 e. The zero-order valence-corrected chi connectivity index (χ0v) is 15.4. The first kappa shape index (κ1) is 14.8. The Morgan fingerprint density at radius 2 is 2.05 bits per heavy atom. The van der Waals surface area contributed by atoms with Crippen molar-refractivity contribution in [3.05, 3.63) is 44.5 Å². The van der Waals surface area contributed by atoms with Crippen LogP contribution >= 0.6 is 22.6 Å². The first-order chi connectivity index (χ1) is 9.97. The second-order valence-electron chi connectivity index (χ2n) is 5.83. The number of hydrogen-bond donors (Lipinski definition) is 1. The normalized spacial score (nSPS) is 19.6. The molecule has 1 unspecified atom stereocenters. The minimum atomic E-state index is -1.89. The molecule has 1 atom stereocenters. The summed E-state index contributed by atoms with van der Waals surface area (Å²) in [7, 11) is -1.89. The van der Waals surface area contributed by atoms with Gasteiger partial charge in [0, 0.05) is 3.57 Å². The molecule has 2 aromatic carbocycles. The van der Waals surface area contributed by atoms with Crippen molar-refractivity contribution >= 4 is 53.3 Å². The van der Waals surface area contributed by atoms with Gasteiger partial charge in [0.15, 0.2) is 0 Å². The molecule has 0 bridgehead atoms. The Kier molecular flexibility index (Phi) is 3.69. The number of benzene rings is 2. The summed E-state index contributed by atoms with van der Waals surface area (Å²) in [5.74, 6) is 0.336. The maximum Gasteiger partial charge on any atom is 0.122 e. The van der Waals surface area contributed by atoms with E-state index in [1.165, 1.54) is 13.9 Å². The number of phenolic OH excluding ortho intramolecular Hbond substituents is 1. The monoisotopic (exact) mass is 407 g/mol. The maximum absolute atomic E-state index is 9.93. The number of halogens is 1. The van der Waals surface area contributed by atoms with Gasteiger partial charge in [0.25, 0.3) is 0 Å². The van der Waals surface area contributed by atoms with E-state index in [2.05, 4.69) is 54.8 Å². The predicted octanol–water partition coefficient (Wildman–Crippen LogP) is 2.27. The van der Waals surface area contributed by atoms with E-state index in [-0.39, 0.29) is 0 Å². The summed E-state index contributed by atoms with van der Waals surface area (Å²) in [4.78, 5) is 4.82. The number of nitrogens with zero attached hydrogens (tertiary/aromatic N) is 1. The fraction of sp³-hybridized carbons (Fsp3) is 0.235. The standard InChI is InChI=1S/C17H18INOSi/c1-4-9-21(3)15-10-12(20)6-8-13(15)19-14-7-5-11(2)16(18)17(14)21/h5-8,10,20H,2,4,9H2,1,3H3. The van der Waals surface area contributed by atoms with Gasteiger partial charge in [0.1, 0.15) is 13.8 Å². The molecule has 0 fully saturated rings. The zero-order valence-electron chi connectivity index (χ0n) is 12.3. The molecular formula is C17H18INOSi. The molecule has 0 amide bonds. The van der Waals surface area contributed by atoms with Crippen LogP contribution in [0.15, 0.2) is 35.3 Å². The molecule has 0 spiro atoms.